The van der Waals surface area contributed by atoms with Gasteiger partial charge in [0.05, 0.1) is 23.7 Å². The number of carbonyl (C=O) groups excluding carboxylic acids is 1. The highest BCUT2D eigenvalue weighted by Crippen LogP contribution is 2.32. The summed E-state index contributed by atoms with van der Waals surface area (Å²) < 4.78 is 5.46. The summed E-state index contributed by atoms with van der Waals surface area (Å²) >= 11 is 0. The van der Waals surface area contributed by atoms with Crippen molar-refractivity contribution in [1.29, 1.82) is 5.26 Å². The van der Waals surface area contributed by atoms with Crippen LogP contribution in [-0.4, -0.2) is 19.1 Å². The normalized spacial score (nSPS) is 12.6. The molecule has 1 heterocycles. The number of hydrogen-bond donors (Lipinski definition) is 0. The molecule has 0 fully saturated rings. The molecule has 0 bridgehead atoms. The summed E-state index contributed by atoms with van der Waals surface area (Å²) in [6, 6.07) is 17.5. The van der Waals surface area contributed by atoms with Crippen LogP contribution in [-0.2, 0) is 17.8 Å². The van der Waals surface area contributed by atoms with Crippen LogP contribution < -0.4 is 4.90 Å². The van der Waals surface area contributed by atoms with E-state index < -0.39 is 0 Å². The minimum atomic E-state index is -0.311. The fourth-order valence-corrected chi connectivity index (χ4v) is 2.91. The van der Waals surface area contributed by atoms with Gasteiger partial charge in [0.25, 0.3) is 0 Å². The second-order valence-corrected chi connectivity index (χ2v) is 5.52. The zero-order chi connectivity index (χ0) is 16.1. The molecule has 23 heavy (non-hydrogen) atoms. The first-order valence-electron chi connectivity index (χ1n) is 7.74. The Labute approximate surface area is 135 Å². The number of ether oxygens (including phenoxy) is 1. The predicted octanol–water partition coefficient (Wildman–Crippen LogP) is 3.32. The number of carbonyl (C=O) groups is 1. The van der Waals surface area contributed by atoms with E-state index in [9.17, 15) is 4.79 Å². The van der Waals surface area contributed by atoms with E-state index in [1.807, 2.05) is 42.5 Å². The number of para-hydroxylation sites is 1. The summed E-state index contributed by atoms with van der Waals surface area (Å²) in [5.74, 6) is -0.311. The lowest BCUT2D eigenvalue weighted by atomic mass is 10.1. The van der Waals surface area contributed by atoms with E-state index in [-0.39, 0.29) is 12.6 Å². The van der Waals surface area contributed by atoms with Crippen molar-refractivity contribution in [2.75, 3.05) is 18.0 Å². The summed E-state index contributed by atoms with van der Waals surface area (Å²) in [5.41, 5.74) is 3.64. The van der Waals surface area contributed by atoms with Gasteiger partial charge in [-0.2, -0.15) is 5.26 Å². The molecule has 1 aliphatic heterocycles. The maximum absolute atomic E-state index is 12.5. The molecule has 0 N–H and O–H groups in total. The van der Waals surface area contributed by atoms with Crippen LogP contribution in [0.4, 0.5) is 5.69 Å². The topological polar surface area (TPSA) is 53.3 Å². The summed E-state index contributed by atoms with van der Waals surface area (Å²) in [6.45, 7) is 1.76. The number of hydrogen-bond acceptors (Lipinski definition) is 4. The van der Waals surface area contributed by atoms with Crippen molar-refractivity contribution >= 4 is 11.7 Å². The van der Waals surface area contributed by atoms with Crippen LogP contribution in [0.15, 0.2) is 48.5 Å². The first-order valence-corrected chi connectivity index (χ1v) is 7.74. The molecule has 0 spiro atoms. The van der Waals surface area contributed by atoms with Crippen LogP contribution >= 0.6 is 0 Å². The molecule has 4 nitrogen and oxygen atoms in total. The van der Waals surface area contributed by atoms with Crippen LogP contribution in [0, 0.1) is 11.3 Å². The van der Waals surface area contributed by atoms with Crippen molar-refractivity contribution in [3.8, 4) is 6.07 Å². The van der Waals surface area contributed by atoms with Crippen LogP contribution in [0.2, 0.25) is 0 Å². The molecule has 3 rings (SSSR count). The Morgan fingerprint density at radius 1 is 1.17 bits per heavy atom. The average molecular weight is 306 g/mol. The number of benzene rings is 2. The van der Waals surface area contributed by atoms with E-state index in [2.05, 4.69) is 11.0 Å². The predicted molar refractivity (Wildman–Crippen MR) is 88.2 cm³/mol. The van der Waals surface area contributed by atoms with Gasteiger partial charge < -0.3 is 9.64 Å². The Balaban J connectivity index is 1.76. The monoisotopic (exact) mass is 306 g/mol. The van der Waals surface area contributed by atoms with Gasteiger partial charge >= 0.3 is 5.97 Å². The lowest BCUT2D eigenvalue weighted by molar-refractivity contribution is 0.0473. The molecule has 2 aromatic rings. The van der Waals surface area contributed by atoms with Gasteiger partial charge in [0.2, 0.25) is 0 Å². The van der Waals surface area contributed by atoms with Gasteiger partial charge in [0.15, 0.2) is 0 Å². The highest BCUT2D eigenvalue weighted by atomic mass is 16.5. The summed E-state index contributed by atoms with van der Waals surface area (Å²) in [4.78, 5) is 14.6. The lowest BCUT2D eigenvalue weighted by Gasteiger charge is -2.20. The first-order chi connectivity index (χ1) is 11.3. The molecule has 116 valence electrons. The summed E-state index contributed by atoms with van der Waals surface area (Å²) in [5, 5.41) is 8.80. The van der Waals surface area contributed by atoms with Gasteiger partial charge in [-0.1, -0.05) is 42.5 Å². The fraction of sp³-hybridized carbons (Fsp3) is 0.263. The molecule has 0 saturated heterocycles. The molecule has 1 aliphatic rings. The maximum atomic E-state index is 12.5. The molecule has 0 amide bonds. The number of nitriles is 1. The van der Waals surface area contributed by atoms with Gasteiger partial charge in [0, 0.05) is 13.1 Å². The smallest absolute Gasteiger partial charge is 0.340 e. The van der Waals surface area contributed by atoms with Gasteiger partial charge in [0.1, 0.15) is 6.61 Å². The SMILES string of the molecule is N#CCCN1CCc2cccc(C(=O)OCc3ccccc3)c21. The van der Waals surface area contributed by atoms with Crippen LogP contribution in [0.25, 0.3) is 0 Å². The second kappa shape index (κ2) is 6.97. The van der Waals surface area contributed by atoms with Gasteiger partial charge in [-0.25, -0.2) is 4.79 Å². The van der Waals surface area contributed by atoms with Crippen molar-refractivity contribution in [2.24, 2.45) is 0 Å². The quantitative estimate of drug-likeness (QED) is 0.795. The summed E-state index contributed by atoms with van der Waals surface area (Å²) in [7, 11) is 0. The molecule has 0 unspecified atom stereocenters. The minimum Gasteiger partial charge on any atom is -0.457 e. The van der Waals surface area contributed by atoms with Crippen molar-refractivity contribution < 1.29 is 9.53 Å². The zero-order valence-corrected chi connectivity index (χ0v) is 12.9. The van der Waals surface area contributed by atoms with Gasteiger partial charge in [-0.15, -0.1) is 0 Å². The Kier molecular flexibility index (Phi) is 4.58. The lowest BCUT2D eigenvalue weighted by Crippen LogP contribution is -2.23. The standard InChI is InChI=1S/C19H18N2O2/c20-11-5-12-21-13-10-16-8-4-9-17(18(16)21)19(22)23-14-15-6-2-1-3-7-15/h1-4,6-9H,5,10,12-14H2. The molecule has 2 aromatic carbocycles. The highest BCUT2D eigenvalue weighted by Gasteiger charge is 2.25. The van der Waals surface area contributed by atoms with E-state index in [0.29, 0.717) is 18.5 Å². The number of anilines is 1. The molecule has 0 radical (unpaired) electrons. The van der Waals surface area contributed by atoms with Crippen molar-refractivity contribution in [3.63, 3.8) is 0 Å². The van der Waals surface area contributed by atoms with Gasteiger partial charge in [-0.3, -0.25) is 0 Å². The van der Waals surface area contributed by atoms with E-state index in [4.69, 9.17) is 10.00 Å². The number of nitrogens with zero attached hydrogens (tertiary/aromatic N) is 2. The number of esters is 1. The molecular formula is C19H18N2O2. The Bertz CT molecular complexity index is 735. The Morgan fingerprint density at radius 2 is 2.00 bits per heavy atom. The molecular weight excluding hydrogens is 288 g/mol. The average Bonchev–Trinajstić information content (AvgIpc) is 3.02. The maximum Gasteiger partial charge on any atom is 0.340 e. The summed E-state index contributed by atoms with van der Waals surface area (Å²) in [6.07, 6.45) is 1.35. The molecule has 4 heteroatoms. The highest BCUT2D eigenvalue weighted by molar-refractivity contribution is 5.97. The van der Waals surface area contributed by atoms with Crippen molar-refractivity contribution in [1.82, 2.24) is 0 Å². The van der Waals surface area contributed by atoms with Crippen LogP contribution in [0.5, 0.6) is 0 Å². The van der Waals surface area contributed by atoms with E-state index in [1.54, 1.807) is 6.07 Å². The van der Waals surface area contributed by atoms with E-state index in [1.165, 1.54) is 0 Å². The molecule has 0 saturated carbocycles. The Morgan fingerprint density at radius 3 is 2.78 bits per heavy atom. The van der Waals surface area contributed by atoms with Crippen LogP contribution in [0.3, 0.4) is 0 Å². The minimum absolute atomic E-state index is 0.265. The van der Waals surface area contributed by atoms with E-state index >= 15 is 0 Å². The third-order valence-electron chi connectivity index (χ3n) is 4.01. The molecule has 0 atom stereocenters. The Hall–Kier alpha value is -2.80. The second-order valence-electron chi connectivity index (χ2n) is 5.52. The zero-order valence-electron chi connectivity index (χ0n) is 12.9. The third kappa shape index (κ3) is 3.35. The number of fused-ring (bicyclic) bond motifs is 1. The van der Waals surface area contributed by atoms with Gasteiger partial charge in [-0.05, 0) is 23.6 Å². The van der Waals surface area contributed by atoms with Crippen molar-refractivity contribution in [3.05, 3.63) is 65.2 Å². The van der Waals surface area contributed by atoms with Crippen LogP contribution in [0.1, 0.15) is 27.9 Å². The fourth-order valence-electron chi connectivity index (χ4n) is 2.91. The van der Waals surface area contributed by atoms with E-state index in [0.717, 1.165) is 29.8 Å². The molecule has 0 aliphatic carbocycles. The number of rotatable bonds is 5. The first kappa shape index (κ1) is 15.1. The third-order valence-corrected chi connectivity index (χ3v) is 4.01. The molecule has 0 aromatic heterocycles. The largest absolute Gasteiger partial charge is 0.457 e. The van der Waals surface area contributed by atoms with Crippen molar-refractivity contribution in [2.45, 2.75) is 19.4 Å².